The summed E-state index contributed by atoms with van der Waals surface area (Å²) >= 11 is 0. The second-order valence-electron chi connectivity index (χ2n) is 5.44. The summed E-state index contributed by atoms with van der Waals surface area (Å²) in [5.41, 5.74) is -0.506. The van der Waals surface area contributed by atoms with Crippen LogP contribution < -0.4 is 0 Å². The van der Waals surface area contributed by atoms with E-state index in [-0.39, 0.29) is 12.0 Å². The lowest BCUT2D eigenvalue weighted by atomic mass is 9.97. The molecule has 1 aliphatic rings. The number of likely N-dealkylation sites (tertiary alicyclic amines) is 1. The molecule has 2 atom stereocenters. The Morgan fingerprint density at radius 1 is 1.47 bits per heavy atom. The molecule has 0 aromatic carbocycles. The highest BCUT2D eigenvalue weighted by Crippen LogP contribution is 2.18. The standard InChI is InChI=1S/C12H22N2O3/c1-12(2,3)17-11(16)14-7-9(6-13-4)5-10(15)8-14/h6,9-10,15H,5,7-8H2,1-4H3/b13-6+/t9?,10-/m1/s1. The van der Waals surface area contributed by atoms with Crippen LogP contribution >= 0.6 is 0 Å². The molecular weight excluding hydrogens is 220 g/mol. The molecule has 1 fully saturated rings. The van der Waals surface area contributed by atoms with Crippen LogP contribution in [0.1, 0.15) is 27.2 Å². The molecule has 0 radical (unpaired) electrons. The Hall–Kier alpha value is -1.10. The maximum atomic E-state index is 11.9. The van der Waals surface area contributed by atoms with Crippen molar-refractivity contribution >= 4 is 12.3 Å². The summed E-state index contributed by atoms with van der Waals surface area (Å²) in [6.07, 6.45) is 1.56. The molecule has 17 heavy (non-hydrogen) atoms. The fraction of sp³-hybridized carbons (Fsp3) is 0.833. The molecule has 1 rings (SSSR count). The molecule has 0 spiro atoms. The van der Waals surface area contributed by atoms with E-state index >= 15 is 0 Å². The maximum absolute atomic E-state index is 11.9. The van der Waals surface area contributed by atoms with Crippen LogP contribution in [0.5, 0.6) is 0 Å². The number of nitrogens with zero attached hydrogens (tertiary/aromatic N) is 2. The Balaban J connectivity index is 2.61. The highest BCUT2D eigenvalue weighted by atomic mass is 16.6. The van der Waals surface area contributed by atoms with Crippen molar-refractivity contribution in [3.8, 4) is 0 Å². The van der Waals surface area contributed by atoms with Crippen molar-refractivity contribution in [2.45, 2.75) is 38.9 Å². The summed E-state index contributed by atoms with van der Waals surface area (Å²) in [4.78, 5) is 17.4. The molecule has 0 aromatic heterocycles. The zero-order chi connectivity index (χ0) is 13.1. The molecule has 1 unspecified atom stereocenters. The van der Waals surface area contributed by atoms with E-state index in [1.165, 1.54) is 0 Å². The van der Waals surface area contributed by atoms with Crippen molar-refractivity contribution in [1.82, 2.24) is 4.90 Å². The Kier molecular flexibility index (Phi) is 4.51. The van der Waals surface area contributed by atoms with E-state index in [2.05, 4.69) is 4.99 Å². The fourth-order valence-corrected chi connectivity index (χ4v) is 1.90. The van der Waals surface area contributed by atoms with Gasteiger partial charge in [0, 0.05) is 32.3 Å². The van der Waals surface area contributed by atoms with Gasteiger partial charge in [0.05, 0.1) is 6.10 Å². The lowest BCUT2D eigenvalue weighted by molar-refractivity contribution is -0.000754. The van der Waals surface area contributed by atoms with Crippen molar-refractivity contribution in [2.24, 2.45) is 10.9 Å². The van der Waals surface area contributed by atoms with Gasteiger partial charge < -0.3 is 19.7 Å². The van der Waals surface area contributed by atoms with Gasteiger partial charge in [-0.15, -0.1) is 0 Å². The van der Waals surface area contributed by atoms with Crippen molar-refractivity contribution < 1.29 is 14.6 Å². The molecule has 1 heterocycles. The number of carbonyl (C=O) groups is 1. The molecule has 1 amide bonds. The molecule has 0 bridgehead atoms. The summed E-state index contributed by atoms with van der Waals surface area (Å²) < 4.78 is 5.28. The fourth-order valence-electron chi connectivity index (χ4n) is 1.90. The summed E-state index contributed by atoms with van der Waals surface area (Å²) in [5.74, 6) is 0.108. The van der Waals surface area contributed by atoms with Crippen LogP contribution in [0.2, 0.25) is 0 Å². The van der Waals surface area contributed by atoms with E-state index in [1.54, 1.807) is 18.2 Å². The number of aliphatic hydroxyl groups is 1. The van der Waals surface area contributed by atoms with Gasteiger partial charge in [-0.3, -0.25) is 0 Å². The molecule has 1 N–H and O–H groups in total. The summed E-state index contributed by atoms with van der Waals surface area (Å²) in [5, 5.41) is 9.71. The minimum absolute atomic E-state index is 0.108. The summed E-state index contributed by atoms with van der Waals surface area (Å²) in [6, 6.07) is 0. The smallest absolute Gasteiger partial charge is 0.410 e. The Morgan fingerprint density at radius 2 is 2.12 bits per heavy atom. The van der Waals surface area contributed by atoms with Crippen LogP contribution in [-0.2, 0) is 4.74 Å². The SMILES string of the molecule is C/N=C/C1C[C@@H](O)CN(C(=O)OC(C)(C)C)C1. The third-order valence-electron chi connectivity index (χ3n) is 2.47. The first kappa shape index (κ1) is 14.0. The summed E-state index contributed by atoms with van der Waals surface area (Å²) in [7, 11) is 1.69. The number of hydrogen-bond acceptors (Lipinski definition) is 4. The van der Waals surface area contributed by atoms with Crippen molar-refractivity contribution in [1.29, 1.82) is 0 Å². The number of hydrogen-bond donors (Lipinski definition) is 1. The molecule has 0 saturated carbocycles. The van der Waals surface area contributed by atoms with Crippen molar-refractivity contribution in [3.63, 3.8) is 0 Å². The lowest BCUT2D eigenvalue weighted by Gasteiger charge is -2.35. The number of aliphatic imine (C=N–C) groups is 1. The molecule has 0 aromatic rings. The number of ether oxygens (including phenoxy) is 1. The minimum atomic E-state index is -0.506. The van der Waals surface area contributed by atoms with Crippen molar-refractivity contribution in [3.05, 3.63) is 0 Å². The Bertz CT molecular complexity index is 297. The van der Waals surface area contributed by atoms with Gasteiger partial charge in [0.15, 0.2) is 0 Å². The van der Waals surface area contributed by atoms with Crippen LogP contribution in [0.15, 0.2) is 4.99 Å². The highest BCUT2D eigenvalue weighted by molar-refractivity contribution is 5.70. The highest BCUT2D eigenvalue weighted by Gasteiger charge is 2.30. The molecule has 1 saturated heterocycles. The topological polar surface area (TPSA) is 62.1 Å². The van der Waals surface area contributed by atoms with Crippen LogP contribution in [0.4, 0.5) is 4.79 Å². The van der Waals surface area contributed by atoms with Gasteiger partial charge in [-0.25, -0.2) is 4.79 Å². The molecule has 5 heteroatoms. The Labute approximate surface area is 102 Å². The third-order valence-corrected chi connectivity index (χ3v) is 2.47. The van der Waals surface area contributed by atoms with Gasteiger partial charge >= 0.3 is 6.09 Å². The van der Waals surface area contributed by atoms with Gasteiger partial charge in [-0.05, 0) is 27.2 Å². The molecular formula is C12H22N2O3. The number of carbonyl (C=O) groups excluding carboxylic acids is 1. The van der Waals surface area contributed by atoms with Crippen LogP contribution in [0, 0.1) is 5.92 Å². The largest absolute Gasteiger partial charge is 0.444 e. The van der Waals surface area contributed by atoms with E-state index in [0.717, 1.165) is 0 Å². The van der Waals surface area contributed by atoms with Gasteiger partial charge in [0.1, 0.15) is 5.60 Å². The van der Waals surface area contributed by atoms with Gasteiger partial charge in [-0.1, -0.05) is 0 Å². The Morgan fingerprint density at radius 3 is 2.65 bits per heavy atom. The van der Waals surface area contributed by atoms with Gasteiger partial charge in [0.25, 0.3) is 0 Å². The molecule has 5 nitrogen and oxygen atoms in total. The number of piperidine rings is 1. The number of rotatable bonds is 1. The van der Waals surface area contributed by atoms with E-state index in [9.17, 15) is 9.90 Å². The van der Waals surface area contributed by atoms with E-state index < -0.39 is 11.7 Å². The van der Waals surface area contributed by atoms with Gasteiger partial charge in [0.2, 0.25) is 0 Å². The van der Waals surface area contributed by atoms with E-state index in [4.69, 9.17) is 4.74 Å². The predicted octanol–water partition coefficient (Wildman–Crippen LogP) is 1.30. The summed E-state index contributed by atoms with van der Waals surface area (Å²) in [6.45, 7) is 6.38. The third kappa shape index (κ3) is 4.73. The number of amides is 1. The number of β-amino-alcohol motifs (C(OH)–C–C–N with tert-alkyl or cyclic N) is 1. The minimum Gasteiger partial charge on any atom is -0.444 e. The second-order valence-corrected chi connectivity index (χ2v) is 5.44. The maximum Gasteiger partial charge on any atom is 0.410 e. The quantitative estimate of drug-likeness (QED) is 0.705. The van der Waals surface area contributed by atoms with Crippen LogP contribution in [0.3, 0.4) is 0 Å². The molecule has 98 valence electrons. The first-order valence-corrected chi connectivity index (χ1v) is 5.90. The first-order valence-electron chi connectivity index (χ1n) is 5.90. The van der Waals surface area contributed by atoms with Crippen molar-refractivity contribution in [2.75, 3.05) is 20.1 Å². The van der Waals surface area contributed by atoms with Crippen LogP contribution in [-0.4, -0.2) is 54.2 Å². The van der Waals surface area contributed by atoms with E-state index in [1.807, 2.05) is 20.8 Å². The number of aliphatic hydroxyl groups excluding tert-OH is 1. The average Bonchev–Trinajstić information content (AvgIpc) is 2.14. The normalized spacial score (nSPS) is 26.3. The molecule has 0 aliphatic carbocycles. The van der Waals surface area contributed by atoms with E-state index in [0.29, 0.717) is 19.5 Å². The molecule has 1 aliphatic heterocycles. The van der Waals surface area contributed by atoms with Gasteiger partial charge in [-0.2, -0.15) is 0 Å². The average molecular weight is 242 g/mol. The lowest BCUT2D eigenvalue weighted by Crippen LogP contribution is -2.48. The predicted molar refractivity (Wildman–Crippen MR) is 66.3 cm³/mol. The zero-order valence-electron chi connectivity index (χ0n) is 11.0. The van der Waals surface area contributed by atoms with Crippen LogP contribution in [0.25, 0.3) is 0 Å². The zero-order valence-corrected chi connectivity index (χ0v) is 11.0. The first-order chi connectivity index (χ1) is 7.81. The monoisotopic (exact) mass is 242 g/mol. The second kappa shape index (κ2) is 5.49.